The van der Waals surface area contributed by atoms with Gasteiger partial charge in [-0.15, -0.1) is 0 Å². The van der Waals surface area contributed by atoms with Gasteiger partial charge in [-0.05, 0) is 17.7 Å². The smallest absolute Gasteiger partial charge is 0.263 e. The normalized spacial score (nSPS) is 9.37. The highest BCUT2D eigenvalue weighted by molar-refractivity contribution is 5.92. The highest BCUT2D eigenvalue weighted by Crippen LogP contribution is 2.01. The van der Waals surface area contributed by atoms with E-state index >= 15 is 0 Å². The van der Waals surface area contributed by atoms with Crippen molar-refractivity contribution in [3.05, 3.63) is 70.1 Å². The molecule has 0 spiro atoms. The van der Waals surface area contributed by atoms with Crippen LogP contribution in [0.3, 0.4) is 0 Å². The lowest BCUT2D eigenvalue weighted by Crippen LogP contribution is -2.29. The predicted molar refractivity (Wildman–Crippen MR) is 78.2 cm³/mol. The van der Waals surface area contributed by atoms with E-state index in [-0.39, 0.29) is 12.5 Å². The van der Waals surface area contributed by atoms with E-state index in [1.807, 2.05) is 44.2 Å². The summed E-state index contributed by atoms with van der Waals surface area (Å²) in [5.74, 6) is -0.697. The Morgan fingerprint density at radius 3 is 2.37 bits per heavy atom. The third-order valence-electron chi connectivity index (χ3n) is 2.48. The molecule has 0 aliphatic rings. The van der Waals surface area contributed by atoms with Gasteiger partial charge in [-0.2, -0.15) is 0 Å². The zero-order valence-corrected chi connectivity index (χ0v) is 11.2. The van der Waals surface area contributed by atoms with Gasteiger partial charge in [0.15, 0.2) is 0 Å². The van der Waals surface area contributed by atoms with Crippen molar-refractivity contribution >= 4 is 5.91 Å². The number of carbonyl (C=O) groups is 1. The van der Waals surface area contributed by atoms with Gasteiger partial charge in [0.2, 0.25) is 0 Å². The largest absolute Gasteiger partial charge is 0.365 e. The van der Waals surface area contributed by atoms with Crippen molar-refractivity contribution < 1.29 is 6.22 Å². The minimum absolute atomic E-state index is 0. The summed E-state index contributed by atoms with van der Waals surface area (Å²) < 4.78 is 1.47. The number of rotatable bonds is 3. The van der Waals surface area contributed by atoms with Crippen LogP contribution < -0.4 is 11.3 Å². The predicted octanol–water partition coefficient (Wildman–Crippen LogP) is 2.27. The molecule has 0 aliphatic carbocycles. The molecule has 0 radical (unpaired) electrons. The number of hydrogen-bond donors (Lipinski definition) is 1. The first-order chi connectivity index (χ1) is 9.18. The van der Waals surface area contributed by atoms with Gasteiger partial charge >= 0.3 is 0 Å². The van der Waals surface area contributed by atoms with Gasteiger partial charge in [0.05, 0.1) is 6.54 Å². The number of aromatic nitrogens is 1. The summed E-state index contributed by atoms with van der Waals surface area (Å²) in [5, 5.41) is 0. The second-order valence-corrected chi connectivity index (χ2v) is 3.70. The fraction of sp³-hybridized carbons (Fsp3) is 0.200. The van der Waals surface area contributed by atoms with Gasteiger partial charge in [0, 0.05) is 7.62 Å². The van der Waals surface area contributed by atoms with Crippen molar-refractivity contribution in [3.8, 4) is 0 Å². The van der Waals surface area contributed by atoms with Crippen LogP contribution in [0.25, 0.3) is 0 Å². The van der Waals surface area contributed by atoms with Crippen LogP contribution in [-0.4, -0.2) is 10.5 Å². The number of primary amides is 1. The molecular weight excluding hydrogens is 240 g/mol. The lowest BCUT2D eigenvalue weighted by atomic mass is 10.2. The molecule has 19 heavy (non-hydrogen) atoms. The molecule has 0 aliphatic heterocycles. The van der Waals surface area contributed by atoms with Gasteiger partial charge in [-0.3, -0.25) is 9.59 Å². The number of benzene rings is 1. The van der Waals surface area contributed by atoms with E-state index in [1.165, 1.54) is 10.6 Å². The molecule has 0 saturated carbocycles. The van der Waals surface area contributed by atoms with Crippen LogP contribution in [0.1, 0.15) is 31.2 Å². The number of nitrogens with zero attached hydrogens (tertiary/aromatic N) is 1. The number of nitrogens with two attached hydrogens (primary N) is 1. The summed E-state index contributed by atoms with van der Waals surface area (Å²) in [6.45, 7) is 4.43. The average molecular weight is 260 g/mol. The van der Waals surface area contributed by atoms with Crippen molar-refractivity contribution in [1.82, 2.24) is 4.57 Å². The van der Waals surface area contributed by atoms with Gasteiger partial charge in [-0.1, -0.05) is 44.2 Å². The molecule has 102 valence electrons. The number of amides is 1. The third-order valence-corrected chi connectivity index (χ3v) is 2.48. The van der Waals surface area contributed by atoms with Gasteiger partial charge in [0.25, 0.3) is 11.5 Å². The van der Waals surface area contributed by atoms with Crippen LogP contribution in [0.15, 0.2) is 53.5 Å². The molecule has 0 bridgehead atoms. The zero-order chi connectivity index (χ0) is 14.3. The summed E-state index contributed by atoms with van der Waals surface area (Å²) in [4.78, 5) is 22.9. The molecule has 0 fully saturated rings. The van der Waals surface area contributed by atoms with E-state index in [0.717, 1.165) is 5.56 Å². The number of hydrogen-bond acceptors (Lipinski definition) is 2. The van der Waals surface area contributed by atoms with Crippen LogP contribution in [-0.2, 0) is 6.54 Å². The van der Waals surface area contributed by atoms with Crippen LogP contribution >= 0.6 is 0 Å². The Morgan fingerprint density at radius 1 is 1.16 bits per heavy atom. The summed E-state index contributed by atoms with van der Waals surface area (Å²) in [6.07, 6.45) is 1.64. The minimum Gasteiger partial charge on any atom is -0.365 e. The first-order valence-corrected chi connectivity index (χ1v) is 6.21. The third kappa shape index (κ3) is 3.81. The van der Waals surface area contributed by atoms with Gasteiger partial charge in [0.1, 0.15) is 5.56 Å². The Bertz CT molecular complexity index is 594. The number of pyridine rings is 1. The Morgan fingerprint density at radius 2 is 1.79 bits per heavy atom. The molecular formula is C15H20N2O2. The fourth-order valence-corrected chi connectivity index (χ4v) is 1.63. The molecule has 1 aromatic carbocycles. The maximum atomic E-state index is 11.9. The molecule has 2 N–H and O–H groups in total. The van der Waals surface area contributed by atoms with E-state index in [2.05, 4.69) is 0 Å². The monoisotopic (exact) mass is 260 g/mol. The first-order valence-electron chi connectivity index (χ1n) is 6.21. The maximum Gasteiger partial charge on any atom is 0.263 e. The van der Waals surface area contributed by atoms with E-state index in [9.17, 15) is 9.59 Å². The summed E-state index contributed by atoms with van der Waals surface area (Å²) >= 11 is 0. The van der Waals surface area contributed by atoms with Crippen LogP contribution in [0.4, 0.5) is 0 Å². The standard InChI is InChI=1S/C13H12N2O2.C2H6.H2/c14-12(16)11-7-4-8-15(13(11)17)9-10-5-2-1-3-6-10;1-2;/h1-8H,9H2,(H2,14,16);1-2H3;1H. The van der Waals surface area contributed by atoms with Gasteiger partial charge < -0.3 is 10.3 Å². The molecule has 0 unspecified atom stereocenters. The minimum atomic E-state index is -0.697. The molecule has 2 aromatic rings. The van der Waals surface area contributed by atoms with Crippen LogP contribution in [0.5, 0.6) is 0 Å². The number of carbonyl (C=O) groups excluding carboxylic acids is 1. The second-order valence-electron chi connectivity index (χ2n) is 3.70. The van der Waals surface area contributed by atoms with E-state index in [0.29, 0.717) is 6.54 Å². The molecule has 4 heteroatoms. The quantitative estimate of drug-likeness (QED) is 0.920. The molecule has 1 amide bonds. The van der Waals surface area contributed by atoms with Crippen molar-refractivity contribution in [1.29, 1.82) is 0 Å². The van der Waals surface area contributed by atoms with Crippen molar-refractivity contribution in [3.63, 3.8) is 0 Å². The lowest BCUT2D eigenvalue weighted by Gasteiger charge is -2.06. The molecule has 2 rings (SSSR count). The Kier molecular flexibility index (Phi) is 5.54. The summed E-state index contributed by atoms with van der Waals surface area (Å²) in [6, 6.07) is 12.6. The molecule has 0 atom stereocenters. The van der Waals surface area contributed by atoms with Gasteiger partial charge in [-0.25, -0.2) is 0 Å². The summed E-state index contributed by atoms with van der Waals surface area (Å²) in [5.41, 5.74) is 5.78. The van der Waals surface area contributed by atoms with E-state index in [4.69, 9.17) is 5.73 Å². The molecule has 1 aromatic heterocycles. The second kappa shape index (κ2) is 7.16. The molecule has 0 saturated heterocycles. The highest BCUT2D eigenvalue weighted by Gasteiger charge is 2.07. The van der Waals surface area contributed by atoms with Crippen LogP contribution in [0.2, 0.25) is 0 Å². The summed E-state index contributed by atoms with van der Waals surface area (Å²) in [7, 11) is 0. The van der Waals surface area contributed by atoms with Crippen LogP contribution in [0, 0.1) is 0 Å². The van der Waals surface area contributed by atoms with Crippen molar-refractivity contribution in [2.75, 3.05) is 0 Å². The topological polar surface area (TPSA) is 65.1 Å². The average Bonchev–Trinajstić information content (AvgIpc) is 2.44. The van der Waals surface area contributed by atoms with E-state index < -0.39 is 5.91 Å². The molecule has 4 nitrogen and oxygen atoms in total. The highest BCUT2D eigenvalue weighted by atomic mass is 16.2. The zero-order valence-electron chi connectivity index (χ0n) is 11.2. The van der Waals surface area contributed by atoms with Crippen molar-refractivity contribution in [2.45, 2.75) is 20.4 Å². The van der Waals surface area contributed by atoms with Crippen molar-refractivity contribution in [2.24, 2.45) is 5.73 Å². The Hall–Kier alpha value is -2.36. The SMILES string of the molecule is CC.NC(=O)c1cccn(Cc2ccccc2)c1=O.[HH]. The molecule has 1 heterocycles. The van der Waals surface area contributed by atoms with E-state index in [1.54, 1.807) is 12.3 Å². The Balaban J connectivity index is 0.00000115. The fourth-order valence-electron chi connectivity index (χ4n) is 1.63. The first kappa shape index (κ1) is 14.7. The maximum absolute atomic E-state index is 11.9. The Labute approximate surface area is 114 Å². The lowest BCUT2D eigenvalue weighted by molar-refractivity contribution is 0.0998.